The minimum absolute atomic E-state index is 0.00967. The molecule has 0 bridgehead atoms. The fourth-order valence-corrected chi connectivity index (χ4v) is 4.03. The molecule has 7 nitrogen and oxygen atoms in total. The van der Waals surface area contributed by atoms with Crippen LogP contribution in [0.2, 0.25) is 0 Å². The zero-order valence-corrected chi connectivity index (χ0v) is 15.9. The van der Waals surface area contributed by atoms with Crippen LogP contribution in [0, 0.1) is 0 Å². The first-order chi connectivity index (χ1) is 13.1. The number of hydrogen-bond acceptors (Lipinski definition) is 5. The molecule has 1 aliphatic heterocycles. The van der Waals surface area contributed by atoms with E-state index in [1.165, 1.54) is 31.3 Å². The van der Waals surface area contributed by atoms with Crippen LogP contribution >= 0.6 is 0 Å². The van der Waals surface area contributed by atoms with Crippen LogP contribution < -0.4 is 5.73 Å². The Bertz CT molecular complexity index is 978. The van der Waals surface area contributed by atoms with Crippen LogP contribution in [0.3, 0.4) is 0 Å². The topological polar surface area (TPSA) is 83.8 Å². The number of rotatable bonds is 4. The minimum Gasteiger partial charge on any atom is -0.383 e. The van der Waals surface area contributed by atoms with Crippen molar-refractivity contribution in [3.05, 3.63) is 24.3 Å². The van der Waals surface area contributed by atoms with Crippen LogP contribution in [-0.4, -0.2) is 30.9 Å². The molecule has 7 heteroatoms. The first kappa shape index (κ1) is 16.7. The molecule has 1 saturated carbocycles. The van der Waals surface area contributed by atoms with Gasteiger partial charge < -0.3 is 15.0 Å². The summed E-state index contributed by atoms with van der Waals surface area (Å²) in [6.45, 7) is 5.10. The van der Waals surface area contributed by atoms with Crippen molar-refractivity contribution in [2.45, 2.75) is 64.1 Å². The smallest absolute Gasteiger partial charge is 0.150 e. The highest BCUT2D eigenvalue weighted by Gasteiger charge is 2.31. The Morgan fingerprint density at radius 2 is 2.04 bits per heavy atom. The van der Waals surface area contributed by atoms with Gasteiger partial charge in [-0.1, -0.05) is 0 Å². The molecule has 2 fully saturated rings. The molecule has 3 aromatic rings. The van der Waals surface area contributed by atoms with E-state index in [0.717, 1.165) is 41.7 Å². The van der Waals surface area contributed by atoms with E-state index < -0.39 is 0 Å². The highest BCUT2D eigenvalue weighted by molar-refractivity contribution is 6.00. The van der Waals surface area contributed by atoms with E-state index in [1.807, 2.05) is 0 Å². The number of nitrogens with zero attached hydrogens (tertiary/aromatic N) is 5. The second kappa shape index (κ2) is 6.34. The first-order valence-electron chi connectivity index (χ1n) is 9.96. The third kappa shape index (κ3) is 2.81. The Morgan fingerprint density at radius 3 is 2.74 bits per heavy atom. The second-order valence-electron chi connectivity index (χ2n) is 8.00. The summed E-state index contributed by atoms with van der Waals surface area (Å²) in [4.78, 5) is 8.77. The molecular formula is C20H26N6O. The third-order valence-corrected chi connectivity index (χ3v) is 5.65. The summed E-state index contributed by atoms with van der Waals surface area (Å²) in [5, 5.41) is 5.87. The average molecular weight is 366 g/mol. The molecule has 27 heavy (non-hydrogen) atoms. The van der Waals surface area contributed by atoms with Gasteiger partial charge in [0, 0.05) is 30.3 Å². The number of anilines is 1. The van der Waals surface area contributed by atoms with Crippen molar-refractivity contribution in [2.24, 2.45) is 0 Å². The van der Waals surface area contributed by atoms with E-state index in [-0.39, 0.29) is 12.3 Å². The van der Waals surface area contributed by atoms with Crippen molar-refractivity contribution in [2.75, 3.05) is 12.3 Å². The standard InChI is InChI=1S/C20H26N6O/c1-12(2)25-10-14(18-19(21)22-11-23-20(18)25)16-9-15(13-6-7-13)24-26(16)17-5-3-4-8-27-17/h9-13,17H,3-8H2,1-2H3,(H2,21,22,23). The Kier molecular flexibility index (Phi) is 3.93. The summed E-state index contributed by atoms with van der Waals surface area (Å²) < 4.78 is 10.3. The number of ether oxygens (including phenoxy) is 1. The van der Waals surface area contributed by atoms with E-state index in [1.54, 1.807) is 0 Å². The van der Waals surface area contributed by atoms with Gasteiger partial charge in [0.05, 0.1) is 16.8 Å². The molecule has 1 unspecified atom stereocenters. The molecule has 1 atom stereocenters. The second-order valence-corrected chi connectivity index (χ2v) is 8.00. The van der Waals surface area contributed by atoms with Gasteiger partial charge in [0.2, 0.25) is 0 Å². The Labute approximate surface area is 158 Å². The lowest BCUT2D eigenvalue weighted by Gasteiger charge is -2.24. The molecule has 5 rings (SSSR count). The molecular weight excluding hydrogens is 340 g/mol. The van der Waals surface area contributed by atoms with E-state index in [4.69, 9.17) is 15.6 Å². The lowest BCUT2D eigenvalue weighted by Crippen LogP contribution is -2.20. The molecule has 0 aromatic carbocycles. The Hall–Kier alpha value is -2.41. The van der Waals surface area contributed by atoms with Crippen molar-refractivity contribution < 1.29 is 4.74 Å². The predicted octanol–water partition coefficient (Wildman–Crippen LogP) is 4.03. The number of nitrogens with two attached hydrogens (primary N) is 1. The van der Waals surface area contributed by atoms with Gasteiger partial charge in [0.15, 0.2) is 6.23 Å². The SMILES string of the molecule is CC(C)n1cc(-c2cc(C3CC3)nn2C2CCCCO2)c2c(N)ncnc21. The van der Waals surface area contributed by atoms with Gasteiger partial charge in [0.1, 0.15) is 17.8 Å². The maximum Gasteiger partial charge on any atom is 0.150 e. The molecule has 142 valence electrons. The van der Waals surface area contributed by atoms with Crippen molar-refractivity contribution in [1.29, 1.82) is 0 Å². The molecule has 0 amide bonds. The van der Waals surface area contributed by atoms with Crippen LogP contribution in [0.1, 0.15) is 69.8 Å². The number of hydrogen-bond donors (Lipinski definition) is 1. The van der Waals surface area contributed by atoms with E-state index >= 15 is 0 Å². The summed E-state index contributed by atoms with van der Waals surface area (Å²) in [6, 6.07) is 2.50. The first-order valence-corrected chi connectivity index (χ1v) is 9.96. The molecule has 0 spiro atoms. The molecule has 1 aliphatic carbocycles. The van der Waals surface area contributed by atoms with E-state index in [0.29, 0.717) is 11.7 Å². The summed E-state index contributed by atoms with van der Waals surface area (Å²) >= 11 is 0. The molecule has 3 aromatic heterocycles. The van der Waals surface area contributed by atoms with Gasteiger partial charge in [-0.2, -0.15) is 5.10 Å². The van der Waals surface area contributed by atoms with Gasteiger partial charge in [-0.15, -0.1) is 0 Å². The van der Waals surface area contributed by atoms with Crippen LogP contribution in [0.4, 0.5) is 5.82 Å². The van der Waals surface area contributed by atoms with E-state index in [9.17, 15) is 0 Å². The number of nitrogen functional groups attached to an aromatic ring is 1. The number of aromatic nitrogens is 5. The average Bonchev–Trinajstić information content (AvgIpc) is 3.30. The van der Waals surface area contributed by atoms with Gasteiger partial charge in [-0.05, 0) is 52.0 Å². The van der Waals surface area contributed by atoms with Crippen LogP contribution in [-0.2, 0) is 4.74 Å². The minimum atomic E-state index is -0.00967. The van der Waals surface area contributed by atoms with Gasteiger partial charge in [0.25, 0.3) is 0 Å². The molecule has 4 heterocycles. The lowest BCUT2D eigenvalue weighted by molar-refractivity contribution is -0.0385. The Morgan fingerprint density at radius 1 is 1.19 bits per heavy atom. The van der Waals surface area contributed by atoms with Gasteiger partial charge in [-0.3, -0.25) is 0 Å². The highest BCUT2D eigenvalue weighted by Crippen LogP contribution is 2.43. The monoisotopic (exact) mass is 366 g/mol. The zero-order chi connectivity index (χ0) is 18.5. The molecule has 2 aliphatic rings. The van der Waals surface area contributed by atoms with Crippen LogP contribution in [0.25, 0.3) is 22.3 Å². The zero-order valence-electron chi connectivity index (χ0n) is 15.9. The fraction of sp³-hybridized carbons (Fsp3) is 0.550. The fourth-order valence-electron chi connectivity index (χ4n) is 4.03. The molecule has 1 saturated heterocycles. The summed E-state index contributed by atoms with van der Waals surface area (Å²) in [6.07, 6.45) is 9.41. The van der Waals surface area contributed by atoms with Crippen molar-refractivity contribution in [3.8, 4) is 11.3 Å². The number of fused-ring (bicyclic) bond motifs is 1. The van der Waals surface area contributed by atoms with Crippen molar-refractivity contribution in [3.63, 3.8) is 0 Å². The maximum absolute atomic E-state index is 6.29. The van der Waals surface area contributed by atoms with Gasteiger partial charge in [-0.25, -0.2) is 14.6 Å². The largest absolute Gasteiger partial charge is 0.383 e. The van der Waals surface area contributed by atoms with Gasteiger partial charge >= 0.3 is 0 Å². The van der Waals surface area contributed by atoms with Crippen LogP contribution in [0.5, 0.6) is 0 Å². The quantitative estimate of drug-likeness (QED) is 0.753. The summed E-state index contributed by atoms with van der Waals surface area (Å²) in [5.74, 6) is 1.10. The van der Waals surface area contributed by atoms with Crippen molar-refractivity contribution >= 4 is 16.9 Å². The normalized spacial score (nSPS) is 20.6. The molecule has 0 radical (unpaired) electrons. The van der Waals surface area contributed by atoms with Crippen molar-refractivity contribution in [1.82, 2.24) is 24.3 Å². The van der Waals surface area contributed by atoms with E-state index in [2.05, 4.69) is 45.3 Å². The molecule has 2 N–H and O–H groups in total. The third-order valence-electron chi connectivity index (χ3n) is 5.65. The maximum atomic E-state index is 6.29. The predicted molar refractivity (Wildman–Crippen MR) is 104 cm³/mol. The summed E-state index contributed by atoms with van der Waals surface area (Å²) in [5.41, 5.74) is 10.4. The highest BCUT2D eigenvalue weighted by atomic mass is 16.5. The lowest BCUT2D eigenvalue weighted by atomic mass is 10.1. The Balaban J connectivity index is 1.72. The summed E-state index contributed by atoms with van der Waals surface area (Å²) in [7, 11) is 0. The van der Waals surface area contributed by atoms with Crippen LogP contribution in [0.15, 0.2) is 18.6 Å².